The first kappa shape index (κ1) is 16.0. The van der Waals surface area contributed by atoms with Crippen LogP contribution >= 0.6 is 11.3 Å². The van der Waals surface area contributed by atoms with Gasteiger partial charge in [-0.05, 0) is 25.2 Å². The van der Waals surface area contributed by atoms with Crippen molar-refractivity contribution in [1.29, 1.82) is 0 Å². The molecule has 1 fully saturated rings. The van der Waals surface area contributed by atoms with Crippen LogP contribution in [0.2, 0.25) is 0 Å². The maximum absolute atomic E-state index is 12.3. The zero-order valence-electron chi connectivity index (χ0n) is 12.8. The molecular weight excluding hydrogens is 288 g/mol. The number of nitrogens with one attached hydrogen (secondary N) is 2. The maximum atomic E-state index is 12.3. The Labute approximate surface area is 129 Å². The van der Waals surface area contributed by atoms with Gasteiger partial charge in [0.15, 0.2) is 5.13 Å². The first-order chi connectivity index (χ1) is 10.0. The third-order valence-corrected chi connectivity index (χ3v) is 4.62. The van der Waals surface area contributed by atoms with Gasteiger partial charge in [-0.3, -0.25) is 4.79 Å². The summed E-state index contributed by atoms with van der Waals surface area (Å²) in [5.41, 5.74) is 5.86. The third-order valence-electron chi connectivity index (χ3n) is 3.59. The summed E-state index contributed by atoms with van der Waals surface area (Å²) in [6, 6.07) is 0.0658. The average molecular weight is 312 g/mol. The zero-order valence-corrected chi connectivity index (χ0v) is 13.6. The van der Waals surface area contributed by atoms with Crippen LogP contribution in [0.1, 0.15) is 42.8 Å². The lowest BCUT2D eigenvalue weighted by Crippen LogP contribution is -2.40. The number of ether oxygens (including phenoxy) is 1. The molecule has 1 aliphatic rings. The molecule has 0 saturated heterocycles. The highest BCUT2D eigenvalue weighted by atomic mass is 32.1. The van der Waals surface area contributed by atoms with Crippen LogP contribution < -0.4 is 16.4 Å². The minimum atomic E-state index is -0.156. The molecule has 118 valence electrons. The number of hydrogen-bond acceptors (Lipinski definition) is 6. The molecule has 0 aliphatic heterocycles. The number of rotatable bonds is 6. The maximum Gasteiger partial charge on any atom is 0.265 e. The second-order valence-corrected chi connectivity index (χ2v) is 6.79. The van der Waals surface area contributed by atoms with Crippen LogP contribution in [-0.4, -0.2) is 36.7 Å². The van der Waals surface area contributed by atoms with Gasteiger partial charge >= 0.3 is 0 Å². The van der Waals surface area contributed by atoms with E-state index in [2.05, 4.69) is 29.5 Å². The summed E-state index contributed by atoms with van der Waals surface area (Å²) in [7, 11) is 1.68. The van der Waals surface area contributed by atoms with Crippen LogP contribution in [0.3, 0.4) is 0 Å². The number of anilines is 2. The van der Waals surface area contributed by atoms with Gasteiger partial charge in [0, 0.05) is 13.7 Å². The summed E-state index contributed by atoms with van der Waals surface area (Å²) < 4.78 is 5.39. The molecule has 21 heavy (non-hydrogen) atoms. The van der Waals surface area contributed by atoms with E-state index in [0.717, 1.165) is 25.8 Å². The summed E-state index contributed by atoms with van der Waals surface area (Å²) in [6.07, 6.45) is 3.10. The second kappa shape index (κ2) is 7.09. The minimum Gasteiger partial charge on any atom is -0.382 e. The van der Waals surface area contributed by atoms with Crippen molar-refractivity contribution in [3.63, 3.8) is 0 Å². The third kappa shape index (κ3) is 4.07. The predicted octanol–water partition coefficient (Wildman–Crippen LogP) is 2.09. The van der Waals surface area contributed by atoms with Crippen molar-refractivity contribution in [2.45, 2.75) is 45.3 Å². The highest BCUT2D eigenvalue weighted by Gasteiger charge is 2.29. The van der Waals surface area contributed by atoms with Crippen LogP contribution in [0.25, 0.3) is 0 Å². The predicted molar refractivity (Wildman–Crippen MR) is 85.8 cm³/mol. The Kier molecular flexibility index (Phi) is 5.41. The highest BCUT2D eigenvalue weighted by molar-refractivity contribution is 7.18. The van der Waals surface area contributed by atoms with Gasteiger partial charge in [-0.1, -0.05) is 25.2 Å². The van der Waals surface area contributed by atoms with E-state index in [0.29, 0.717) is 15.9 Å². The van der Waals surface area contributed by atoms with E-state index in [1.807, 2.05) is 0 Å². The standard InChI is InChI=1S/C14H24N4O2S/c1-8(2)7-16-14-18-12(15)11(21-14)13(19)17-9-5-4-6-10(9)20-3/h8-10H,4-7,15H2,1-3H3,(H,16,18)(H,17,19). The number of amides is 1. The quantitative estimate of drug-likeness (QED) is 0.748. The van der Waals surface area contributed by atoms with Gasteiger partial charge in [0.1, 0.15) is 10.7 Å². The van der Waals surface area contributed by atoms with E-state index < -0.39 is 0 Å². The number of nitrogens with zero attached hydrogens (tertiary/aromatic N) is 1. The fraction of sp³-hybridized carbons (Fsp3) is 0.714. The number of methoxy groups -OCH3 is 1. The molecule has 1 heterocycles. The lowest BCUT2D eigenvalue weighted by Gasteiger charge is -2.19. The van der Waals surface area contributed by atoms with E-state index in [1.165, 1.54) is 11.3 Å². The molecule has 0 radical (unpaired) electrons. The highest BCUT2D eigenvalue weighted by Crippen LogP contribution is 2.27. The van der Waals surface area contributed by atoms with Crippen molar-refractivity contribution in [2.75, 3.05) is 24.7 Å². The molecule has 1 amide bonds. The largest absolute Gasteiger partial charge is 0.382 e. The van der Waals surface area contributed by atoms with Gasteiger partial charge in [-0.2, -0.15) is 0 Å². The van der Waals surface area contributed by atoms with Gasteiger partial charge in [-0.25, -0.2) is 4.98 Å². The molecule has 1 saturated carbocycles. The van der Waals surface area contributed by atoms with Gasteiger partial charge < -0.3 is 21.1 Å². The Hall–Kier alpha value is -1.34. The van der Waals surface area contributed by atoms with E-state index in [1.54, 1.807) is 7.11 Å². The van der Waals surface area contributed by atoms with Gasteiger partial charge in [0.25, 0.3) is 5.91 Å². The fourth-order valence-electron chi connectivity index (χ4n) is 2.47. The Morgan fingerprint density at radius 2 is 2.29 bits per heavy atom. The van der Waals surface area contributed by atoms with E-state index in [9.17, 15) is 4.79 Å². The topological polar surface area (TPSA) is 89.3 Å². The molecule has 0 aromatic carbocycles. The lowest BCUT2D eigenvalue weighted by molar-refractivity contribution is 0.0725. The molecule has 2 unspecified atom stereocenters. The zero-order chi connectivity index (χ0) is 15.4. The lowest BCUT2D eigenvalue weighted by atomic mass is 10.2. The van der Waals surface area contributed by atoms with E-state index in [4.69, 9.17) is 10.5 Å². The van der Waals surface area contributed by atoms with Crippen molar-refractivity contribution in [1.82, 2.24) is 10.3 Å². The Morgan fingerprint density at radius 3 is 2.95 bits per heavy atom. The Bertz CT molecular complexity index is 489. The number of hydrogen-bond donors (Lipinski definition) is 3. The van der Waals surface area contributed by atoms with Crippen molar-refractivity contribution < 1.29 is 9.53 Å². The van der Waals surface area contributed by atoms with Crippen LogP contribution in [0.15, 0.2) is 0 Å². The number of thiazole rings is 1. The molecule has 2 atom stereocenters. The van der Waals surface area contributed by atoms with Gasteiger partial charge in [-0.15, -0.1) is 0 Å². The molecule has 0 spiro atoms. The van der Waals surface area contributed by atoms with Crippen LogP contribution in [-0.2, 0) is 4.74 Å². The van der Waals surface area contributed by atoms with E-state index in [-0.39, 0.29) is 23.9 Å². The monoisotopic (exact) mass is 312 g/mol. The number of aromatic nitrogens is 1. The molecule has 4 N–H and O–H groups in total. The van der Waals surface area contributed by atoms with E-state index >= 15 is 0 Å². The average Bonchev–Trinajstić information content (AvgIpc) is 3.02. The summed E-state index contributed by atoms with van der Waals surface area (Å²) in [6.45, 7) is 5.04. The Morgan fingerprint density at radius 1 is 1.52 bits per heavy atom. The summed E-state index contributed by atoms with van der Waals surface area (Å²) >= 11 is 1.30. The molecular formula is C14H24N4O2S. The summed E-state index contributed by atoms with van der Waals surface area (Å²) in [4.78, 5) is 17.0. The summed E-state index contributed by atoms with van der Waals surface area (Å²) in [5.74, 6) is 0.639. The number of carbonyl (C=O) groups excluding carboxylic acids is 1. The SMILES string of the molecule is COC1CCCC1NC(=O)c1sc(NCC(C)C)nc1N. The molecule has 1 aliphatic carbocycles. The number of carbonyl (C=O) groups is 1. The second-order valence-electron chi connectivity index (χ2n) is 5.79. The van der Waals surface area contributed by atoms with Crippen LogP contribution in [0, 0.1) is 5.92 Å². The van der Waals surface area contributed by atoms with Crippen LogP contribution in [0.5, 0.6) is 0 Å². The van der Waals surface area contributed by atoms with Crippen molar-refractivity contribution >= 4 is 28.2 Å². The first-order valence-corrected chi connectivity index (χ1v) is 8.16. The molecule has 7 heteroatoms. The fourth-order valence-corrected chi connectivity index (χ4v) is 3.26. The first-order valence-electron chi connectivity index (χ1n) is 7.35. The van der Waals surface area contributed by atoms with Gasteiger partial charge in [0.2, 0.25) is 0 Å². The Balaban J connectivity index is 1.98. The van der Waals surface area contributed by atoms with Crippen molar-refractivity contribution in [3.8, 4) is 0 Å². The van der Waals surface area contributed by atoms with Crippen molar-refractivity contribution in [3.05, 3.63) is 4.88 Å². The number of nitrogens with two attached hydrogens (primary N) is 1. The molecule has 1 aromatic heterocycles. The van der Waals surface area contributed by atoms with Crippen molar-refractivity contribution in [2.24, 2.45) is 5.92 Å². The molecule has 2 rings (SSSR count). The molecule has 6 nitrogen and oxygen atoms in total. The molecule has 0 bridgehead atoms. The normalized spacial score (nSPS) is 21.7. The smallest absolute Gasteiger partial charge is 0.265 e. The van der Waals surface area contributed by atoms with Gasteiger partial charge in [0.05, 0.1) is 12.1 Å². The minimum absolute atomic E-state index is 0.0658. The summed E-state index contributed by atoms with van der Waals surface area (Å²) in [5, 5.41) is 6.91. The molecule has 1 aromatic rings. The van der Waals surface area contributed by atoms with Crippen LogP contribution in [0.4, 0.5) is 10.9 Å². The number of nitrogen functional groups attached to an aromatic ring is 1.